The van der Waals surface area contributed by atoms with Crippen molar-refractivity contribution in [3.05, 3.63) is 95.3 Å². The molecule has 0 saturated carbocycles. The van der Waals surface area contributed by atoms with Crippen LogP contribution >= 0.6 is 0 Å². The smallest absolute Gasteiger partial charge is 0.263 e. The molecule has 4 heteroatoms. The van der Waals surface area contributed by atoms with E-state index in [9.17, 15) is 4.79 Å². The van der Waals surface area contributed by atoms with Gasteiger partial charge in [-0.05, 0) is 47.9 Å². The molecular formula is C25H14N2O2. The van der Waals surface area contributed by atoms with Gasteiger partial charge in [0.15, 0.2) is 11.5 Å². The minimum atomic E-state index is -0.00698. The van der Waals surface area contributed by atoms with E-state index in [4.69, 9.17) is 4.74 Å². The quantitative estimate of drug-likeness (QED) is 0.304. The predicted molar refractivity (Wildman–Crippen MR) is 115 cm³/mol. The highest BCUT2D eigenvalue weighted by Gasteiger charge is 2.34. The fraction of sp³-hybridized carbons (Fsp3) is 0. The van der Waals surface area contributed by atoms with Crippen molar-refractivity contribution < 1.29 is 4.74 Å². The normalized spacial score (nSPS) is 13.2. The third-order valence-electron chi connectivity index (χ3n) is 5.90. The number of ether oxygens (including phenoxy) is 1. The molecule has 0 spiro atoms. The predicted octanol–water partition coefficient (Wildman–Crippen LogP) is 6.03. The Bertz CT molecular complexity index is 1570. The average Bonchev–Trinajstić information content (AvgIpc) is 2.78. The summed E-state index contributed by atoms with van der Waals surface area (Å²) in [5.41, 5.74) is 4.64. The first-order valence-electron chi connectivity index (χ1n) is 9.60. The number of hydrogen-bond acceptors (Lipinski definition) is 3. The van der Waals surface area contributed by atoms with Crippen LogP contribution in [0, 0.1) is 0 Å². The maximum Gasteiger partial charge on any atom is 0.263 e. The molecule has 0 radical (unpaired) electrons. The summed E-state index contributed by atoms with van der Waals surface area (Å²) in [6.45, 7) is 0. The molecule has 0 N–H and O–H groups in total. The lowest BCUT2D eigenvalue weighted by Gasteiger charge is -2.38. The van der Waals surface area contributed by atoms with Crippen molar-refractivity contribution in [1.29, 1.82) is 0 Å². The van der Waals surface area contributed by atoms with E-state index in [1.165, 1.54) is 0 Å². The highest BCUT2D eigenvalue weighted by Crippen LogP contribution is 2.56. The molecular weight excluding hydrogens is 360 g/mol. The zero-order valence-electron chi connectivity index (χ0n) is 15.3. The minimum absolute atomic E-state index is 0.00698. The second-order valence-corrected chi connectivity index (χ2v) is 7.39. The zero-order valence-corrected chi connectivity index (χ0v) is 15.3. The van der Waals surface area contributed by atoms with Crippen LogP contribution in [0.1, 0.15) is 0 Å². The summed E-state index contributed by atoms with van der Waals surface area (Å²) in [5.74, 6) is 1.57. The van der Waals surface area contributed by atoms with Gasteiger partial charge in [-0.1, -0.05) is 42.5 Å². The lowest BCUT2D eigenvalue weighted by Crippen LogP contribution is -2.28. The number of hydrogen-bond donors (Lipinski definition) is 0. The van der Waals surface area contributed by atoms with E-state index in [-0.39, 0.29) is 5.56 Å². The lowest BCUT2D eigenvalue weighted by atomic mass is 9.99. The first-order valence-corrected chi connectivity index (χ1v) is 9.60. The van der Waals surface area contributed by atoms with Gasteiger partial charge in [-0.15, -0.1) is 0 Å². The first-order chi connectivity index (χ1) is 14.3. The Morgan fingerprint density at radius 3 is 2.14 bits per heavy atom. The molecule has 2 aliphatic heterocycles. The SMILES string of the molecule is O=c1c2ccccc2c2ccc3c4c2n1-c1ccccc1N4c1ccccc1O3. The van der Waals surface area contributed by atoms with E-state index in [1.54, 1.807) is 0 Å². The molecule has 0 saturated heterocycles. The van der Waals surface area contributed by atoms with E-state index in [0.717, 1.165) is 55.9 Å². The Labute approximate surface area is 165 Å². The van der Waals surface area contributed by atoms with Crippen LogP contribution in [0.5, 0.6) is 11.5 Å². The molecule has 4 nitrogen and oxygen atoms in total. The summed E-state index contributed by atoms with van der Waals surface area (Å²) >= 11 is 0. The third kappa shape index (κ3) is 1.72. The van der Waals surface area contributed by atoms with Crippen molar-refractivity contribution in [2.45, 2.75) is 0 Å². The van der Waals surface area contributed by atoms with Crippen LogP contribution in [0.4, 0.5) is 17.1 Å². The molecule has 0 amide bonds. The summed E-state index contributed by atoms with van der Waals surface area (Å²) in [7, 11) is 0. The molecule has 3 heterocycles. The zero-order chi connectivity index (χ0) is 19.1. The molecule has 29 heavy (non-hydrogen) atoms. The number of nitrogens with zero attached hydrogens (tertiary/aromatic N) is 2. The highest BCUT2D eigenvalue weighted by molar-refractivity contribution is 6.15. The van der Waals surface area contributed by atoms with Crippen molar-refractivity contribution >= 4 is 38.7 Å². The number of aromatic nitrogens is 1. The van der Waals surface area contributed by atoms with Crippen molar-refractivity contribution in [3.8, 4) is 17.2 Å². The Balaban J connectivity index is 1.79. The summed E-state index contributed by atoms with van der Waals surface area (Å²) in [4.78, 5) is 15.8. The molecule has 1 aromatic heterocycles. The molecule has 0 atom stereocenters. The van der Waals surface area contributed by atoms with Crippen LogP contribution in [-0.4, -0.2) is 4.57 Å². The molecule has 0 bridgehead atoms. The van der Waals surface area contributed by atoms with E-state index in [2.05, 4.69) is 23.1 Å². The second kappa shape index (κ2) is 5.06. The fourth-order valence-electron chi connectivity index (χ4n) is 4.72. The monoisotopic (exact) mass is 374 g/mol. The molecule has 7 rings (SSSR count). The summed E-state index contributed by atoms with van der Waals surface area (Å²) < 4.78 is 8.10. The van der Waals surface area contributed by atoms with Crippen LogP contribution in [0.15, 0.2) is 89.7 Å². The number of rotatable bonds is 0. The van der Waals surface area contributed by atoms with Crippen molar-refractivity contribution in [3.63, 3.8) is 0 Å². The molecule has 0 fully saturated rings. The number of pyridine rings is 1. The van der Waals surface area contributed by atoms with Gasteiger partial charge in [-0.2, -0.15) is 0 Å². The van der Waals surface area contributed by atoms with Gasteiger partial charge in [0, 0.05) is 10.8 Å². The molecule has 136 valence electrons. The second-order valence-electron chi connectivity index (χ2n) is 7.39. The highest BCUT2D eigenvalue weighted by atomic mass is 16.5. The Morgan fingerprint density at radius 1 is 0.586 bits per heavy atom. The summed E-state index contributed by atoms with van der Waals surface area (Å²) in [5, 5.41) is 2.73. The lowest BCUT2D eigenvalue weighted by molar-refractivity contribution is 0.477. The van der Waals surface area contributed by atoms with E-state index < -0.39 is 0 Å². The van der Waals surface area contributed by atoms with Gasteiger partial charge in [-0.25, -0.2) is 0 Å². The van der Waals surface area contributed by atoms with Gasteiger partial charge >= 0.3 is 0 Å². The molecule has 2 aliphatic rings. The Hall–Kier alpha value is -4.05. The van der Waals surface area contributed by atoms with Crippen molar-refractivity contribution in [1.82, 2.24) is 4.57 Å². The first kappa shape index (κ1) is 14.9. The van der Waals surface area contributed by atoms with Gasteiger partial charge in [0.1, 0.15) is 5.69 Å². The molecule has 5 aromatic rings. The topological polar surface area (TPSA) is 34.5 Å². The average molecular weight is 374 g/mol. The van der Waals surface area contributed by atoms with Crippen LogP contribution in [0.25, 0.3) is 27.4 Å². The number of anilines is 3. The Kier molecular flexibility index (Phi) is 2.60. The van der Waals surface area contributed by atoms with Gasteiger partial charge < -0.3 is 4.74 Å². The van der Waals surface area contributed by atoms with Gasteiger partial charge in [0.25, 0.3) is 5.56 Å². The minimum Gasteiger partial charge on any atom is -0.453 e. The van der Waals surface area contributed by atoms with E-state index in [0.29, 0.717) is 0 Å². The van der Waals surface area contributed by atoms with Gasteiger partial charge in [-0.3, -0.25) is 14.3 Å². The van der Waals surface area contributed by atoms with Crippen LogP contribution in [0.3, 0.4) is 0 Å². The van der Waals surface area contributed by atoms with Gasteiger partial charge in [0.2, 0.25) is 0 Å². The largest absolute Gasteiger partial charge is 0.453 e. The van der Waals surface area contributed by atoms with Crippen molar-refractivity contribution in [2.24, 2.45) is 0 Å². The Morgan fingerprint density at radius 2 is 1.28 bits per heavy atom. The van der Waals surface area contributed by atoms with E-state index in [1.807, 2.05) is 71.3 Å². The fourth-order valence-corrected chi connectivity index (χ4v) is 4.72. The third-order valence-corrected chi connectivity index (χ3v) is 5.90. The molecule has 0 unspecified atom stereocenters. The number of para-hydroxylation sites is 4. The van der Waals surface area contributed by atoms with Gasteiger partial charge in [0.05, 0.1) is 22.6 Å². The summed E-state index contributed by atoms with van der Waals surface area (Å²) in [6.07, 6.45) is 0. The maximum absolute atomic E-state index is 13.6. The number of fused-ring (bicyclic) bond motifs is 7. The standard InChI is InChI=1S/C25H14N2O2/c28-25-17-8-2-1-7-15(17)16-13-14-22-24-23(16)27(25)19-10-4-3-9-18(19)26(24)20-11-5-6-12-21(20)29-22/h1-14H. The van der Waals surface area contributed by atoms with Crippen LogP contribution < -0.4 is 15.2 Å². The van der Waals surface area contributed by atoms with Crippen molar-refractivity contribution in [2.75, 3.05) is 4.90 Å². The van der Waals surface area contributed by atoms with Crippen LogP contribution in [-0.2, 0) is 0 Å². The maximum atomic E-state index is 13.6. The molecule has 4 aromatic carbocycles. The molecule has 0 aliphatic carbocycles. The summed E-state index contributed by atoms with van der Waals surface area (Å²) in [6, 6.07) is 28.0. The van der Waals surface area contributed by atoms with Crippen LogP contribution in [0.2, 0.25) is 0 Å². The number of benzene rings is 4. The van der Waals surface area contributed by atoms with E-state index >= 15 is 0 Å².